The summed E-state index contributed by atoms with van der Waals surface area (Å²) in [6, 6.07) is 5.73. The average molecular weight is 467 g/mol. The van der Waals surface area contributed by atoms with Gasteiger partial charge < -0.3 is 19.7 Å². The van der Waals surface area contributed by atoms with Crippen LogP contribution in [0.25, 0.3) is 0 Å². The number of amides is 2. The lowest BCUT2D eigenvalue weighted by Crippen LogP contribution is -2.39. The van der Waals surface area contributed by atoms with Crippen molar-refractivity contribution in [2.24, 2.45) is 22.2 Å². The third-order valence-corrected chi connectivity index (χ3v) is 5.74. The van der Waals surface area contributed by atoms with Crippen LogP contribution in [-0.2, 0) is 25.4 Å². The summed E-state index contributed by atoms with van der Waals surface area (Å²) < 4.78 is 11.6. The summed E-state index contributed by atoms with van der Waals surface area (Å²) in [6.07, 6.45) is -1.16. The number of nitrogens with zero attached hydrogens (tertiary/aromatic N) is 3. The molecule has 1 aromatic carbocycles. The molecule has 1 heterocycles. The number of amidine groups is 1. The number of ether oxygens (including phenoxy) is 1. The van der Waals surface area contributed by atoms with Crippen LogP contribution in [0, 0.1) is 21.4 Å². The third kappa shape index (κ3) is 6.75. The smallest absolute Gasteiger partial charge is 0.415 e. The minimum absolute atomic E-state index is 0.0495. The predicted molar refractivity (Wildman–Crippen MR) is 119 cm³/mol. The molecule has 0 aliphatic carbocycles. The van der Waals surface area contributed by atoms with Crippen molar-refractivity contribution in [1.29, 1.82) is 0 Å². The average Bonchev–Trinajstić information content (AvgIpc) is 3.04. The lowest BCUT2D eigenvalue weighted by molar-refractivity contribution is -0.384. The second-order valence-corrected chi connectivity index (χ2v) is 11.2. The van der Waals surface area contributed by atoms with Crippen molar-refractivity contribution in [3.8, 4) is 0 Å². The topological polar surface area (TPSA) is 147 Å². The van der Waals surface area contributed by atoms with E-state index in [1.165, 1.54) is 29.2 Å². The van der Waals surface area contributed by atoms with Crippen LogP contribution in [0.2, 0.25) is 13.1 Å². The van der Waals surface area contributed by atoms with E-state index in [1.807, 2.05) is 33.9 Å². The molecule has 2 amide bonds. The fourth-order valence-electron chi connectivity index (χ4n) is 3.26. The Bertz CT molecular complexity index is 868. The molecule has 2 N–H and O–H groups in total. The normalized spacial score (nSPS) is 19.9. The largest absolute Gasteiger partial charge is 0.444 e. The molecule has 32 heavy (non-hydrogen) atoms. The van der Waals surface area contributed by atoms with E-state index in [2.05, 4.69) is 5.16 Å². The van der Waals surface area contributed by atoms with Gasteiger partial charge in [0.15, 0.2) is 21.5 Å². The first-order chi connectivity index (χ1) is 14.9. The van der Waals surface area contributed by atoms with Crippen molar-refractivity contribution in [1.82, 2.24) is 4.90 Å². The molecule has 1 saturated heterocycles. The van der Waals surface area contributed by atoms with Gasteiger partial charge in [0, 0.05) is 24.6 Å². The van der Waals surface area contributed by atoms with Crippen molar-refractivity contribution in [2.45, 2.75) is 46.6 Å². The summed E-state index contributed by atoms with van der Waals surface area (Å²) >= 11 is 0. The highest BCUT2D eigenvalue weighted by molar-refractivity contribution is 6.48. The SMILES string of the molecule is C[SiH](C)OC1/C(=N\OCC(N)=O)N(C(=O)OCc2ccc([N+](=O)[O-])cc2)C[C@H]1C(C)(C)C. The van der Waals surface area contributed by atoms with Crippen LogP contribution in [0.3, 0.4) is 0 Å². The Morgan fingerprint density at radius 1 is 1.28 bits per heavy atom. The van der Waals surface area contributed by atoms with Crippen molar-refractivity contribution >= 4 is 32.6 Å². The van der Waals surface area contributed by atoms with E-state index in [4.69, 9.17) is 19.7 Å². The minimum atomic E-state index is -1.53. The van der Waals surface area contributed by atoms with Gasteiger partial charge in [0.25, 0.3) is 11.6 Å². The Hall–Kier alpha value is -2.99. The van der Waals surface area contributed by atoms with Gasteiger partial charge in [0.2, 0.25) is 0 Å². The highest BCUT2D eigenvalue weighted by atomic mass is 28.3. The first kappa shape index (κ1) is 25.3. The fourth-order valence-corrected chi connectivity index (χ4v) is 4.16. The molecular formula is C20H30N4O7Si. The summed E-state index contributed by atoms with van der Waals surface area (Å²) in [5.74, 6) is -0.538. The maximum Gasteiger partial charge on any atom is 0.415 e. The Kier molecular flexibility index (Phi) is 8.33. The number of nitro benzene ring substituents is 1. The zero-order chi connectivity index (χ0) is 24.1. The van der Waals surface area contributed by atoms with Crippen LogP contribution in [0.15, 0.2) is 29.4 Å². The first-order valence-electron chi connectivity index (χ1n) is 10.2. The molecule has 1 fully saturated rings. The number of benzene rings is 1. The van der Waals surface area contributed by atoms with E-state index in [-0.39, 0.29) is 29.5 Å². The standard InChI is InChI=1S/C20H30N4O7Si/c1-20(2,3)15-10-23(18(17(15)31-32(4)5)22-30-12-16(21)25)19(26)29-11-13-6-8-14(9-7-13)24(27)28/h6-9,15,17,32H,10-12H2,1-5H3,(H2,21,25)/b22-18+/t15-,17?/m1/s1. The van der Waals surface area contributed by atoms with Gasteiger partial charge in [-0.15, -0.1) is 0 Å². The molecular weight excluding hydrogens is 436 g/mol. The van der Waals surface area contributed by atoms with E-state index in [0.29, 0.717) is 12.1 Å². The van der Waals surface area contributed by atoms with Gasteiger partial charge in [-0.2, -0.15) is 0 Å². The summed E-state index contributed by atoms with van der Waals surface area (Å²) in [5, 5.41) is 14.8. The first-order valence-corrected chi connectivity index (χ1v) is 13.0. The van der Waals surface area contributed by atoms with Crippen LogP contribution >= 0.6 is 0 Å². The number of likely N-dealkylation sites (tertiary alicyclic amines) is 1. The minimum Gasteiger partial charge on any atom is -0.444 e. The van der Waals surface area contributed by atoms with Gasteiger partial charge in [0.1, 0.15) is 12.7 Å². The summed E-state index contributed by atoms with van der Waals surface area (Å²) in [6.45, 7) is 9.95. The number of rotatable bonds is 8. The highest BCUT2D eigenvalue weighted by Gasteiger charge is 2.48. The van der Waals surface area contributed by atoms with Crippen molar-refractivity contribution in [3.63, 3.8) is 0 Å². The molecule has 1 unspecified atom stereocenters. The molecule has 12 heteroatoms. The van der Waals surface area contributed by atoms with Crippen molar-refractivity contribution in [3.05, 3.63) is 39.9 Å². The van der Waals surface area contributed by atoms with Gasteiger partial charge in [-0.25, -0.2) is 4.79 Å². The molecule has 2 rings (SSSR count). The van der Waals surface area contributed by atoms with E-state index in [1.54, 1.807) is 0 Å². The Balaban J connectivity index is 2.22. The second-order valence-electron chi connectivity index (χ2n) is 8.86. The number of nitrogens with two attached hydrogens (primary N) is 1. The molecule has 0 bridgehead atoms. The maximum absolute atomic E-state index is 12.9. The molecule has 0 radical (unpaired) electrons. The Morgan fingerprint density at radius 3 is 2.41 bits per heavy atom. The fraction of sp³-hybridized carbons (Fsp3) is 0.550. The second kappa shape index (κ2) is 10.5. The van der Waals surface area contributed by atoms with Crippen LogP contribution < -0.4 is 5.73 Å². The maximum atomic E-state index is 12.9. The summed E-state index contributed by atoms with van der Waals surface area (Å²) in [5.41, 5.74) is 5.45. The number of non-ortho nitro benzene ring substituents is 1. The predicted octanol–water partition coefficient (Wildman–Crippen LogP) is 2.39. The Labute approximate surface area is 188 Å². The molecule has 1 aromatic rings. The van der Waals surface area contributed by atoms with Gasteiger partial charge >= 0.3 is 6.09 Å². The van der Waals surface area contributed by atoms with Crippen molar-refractivity contribution < 1.29 is 28.5 Å². The molecule has 1 aliphatic rings. The monoisotopic (exact) mass is 466 g/mol. The summed E-state index contributed by atoms with van der Waals surface area (Å²) in [7, 11) is -1.53. The van der Waals surface area contributed by atoms with Crippen LogP contribution in [-0.4, -0.2) is 56.0 Å². The number of primary amides is 1. The van der Waals surface area contributed by atoms with Crippen molar-refractivity contribution in [2.75, 3.05) is 13.2 Å². The van der Waals surface area contributed by atoms with E-state index >= 15 is 0 Å². The number of nitro groups is 1. The van der Waals surface area contributed by atoms with E-state index in [0.717, 1.165) is 0 Å². The summed E-state index contributed by atoms with van der Waals surface area (Å²) in [4.78, 5) is 40.7. The highest BCUT2D eigenvalue weighted by Crippen LogP contribution is 2.37. The molecule has 1 aliphatic heterocycles. The van der Waals surface area contributed by atoms with Crippen LogP contribution in [0.5, 0.6) is 0 Å². The van der Waals surface area contributed by atoms with E-state index in [9.17, 15) is 19.7 Å². The lowest BCUT2D eigenvalue weighted by Gasteiger charge is -2.31. The molecule has 0 aromatic heterocycles. The number of carbonyl (C=O) groups excluding carboxylic acids is 2. The number of hydrogen-bond acceptors (Lipinski definition) is 8. The lowest BCUT2D eigenvalue weighted by atomic mass is 9.79. The molecule has 0 saturated carbocycles. The van der Waals surface area contributed by atoms with Gasteiger partial charge in [0.05, 0.1) is 4.92 Å². The third-order valence-electron chi connectivity index (χ3n) is 4.90. The van der Waals surface area contributed by atoms with Crippen LogP contribution in [0.4, 0.5) is 10.5 Å². The molecule has 0 spiro atoms. The zero-order valence-electron chi connectivity index (χ0n) is 18.9. The quantitative estimate of drug-likeness (QED) is 0.351. The van der Waals surface area contributed by atoms with Crippen LogP contribution in [0.1, 0.15) is 26.3 Å². The Morgan fingerprint density at radius 2 is 1.91 bits per heavy atom. The molecule has 176 valence electrons. The van der Waals surface area contributed by atoms with E-state index < -0.39 is 38.7 Å². The molecule has 2 atom stereocenters. The van der Waals surface area contributed by atoms with Gasteiger partial charge in [-0.1, -0.05) is 25.9 Å². The number of oxime groups is 1. The van der Waals surface area contributed by atoms with Gasteiger partial charge in [-0.05, 0) is 36.2 Å². The van der Waals surface area contributed by atoms with Gasteiger partial charge in [-0.3, -0.25) is 19.8 Å². The number of carbonyl (C=O) groups is 2. The molecule has 11 nitrogen and oxygen atoms in total. The zero-order valence-corrected chi connectivity index (χ0v) is 20.1. The number of hydrogen-bond donors (Lipinski definition) is 1.